The molecule has 0 aromatic carbocycles. The molecule has 0 aliphatic carbocycles. The van der Waals surface area contributed by atoms with Crippen molar-refractivity contribution in [3.8, 4) is 0 Å². The number of rotatable bonds is 2. The molecule has 2 heterocycles. The van der Waals surface area contributed by atoms with Crippen molar-refractivity contribution < 1.29 is 4.79 Å². The van der Waals surface area contributed by atoms with Crippen molar-refractivity contribution in [3.05, 3.63) is 35.7 Å². The Morgan fingerprint density at radius 3 is 2.80 bits per heavy atom. The largest absolute Gasteiger partial charge is 0.292 e. The Balaban J connectivity index is 2.65. The van der Waals surface area contributed by atoms with Gasteiger partial charge >= 0.3 is 0 Å². The van der Waals surface area contributed by atoms with Gasteiger partial charge in [-0.3, -0.25) is 4.79 Å². The van der Waals surface area contributed by atoms with Gasteiger partial charge in [-0.05, 0) is 25.1 Å². The molecular weight excluding hydrogens is 188 g/mol. The summed E-state index contributed by atoms with van der Waals surface area (Å²) < 4.78 is 1.72. The van der Waals surface area contributed by atoms with Crippen molar-refractivity contribution in [1.82, 2.24) is 9.61 Å². The van der Waals surface area contributed by atoms with Crippen LogP contribution in [0.4, 0.5) is 0 Å². The number of carbonyl (C=O) groups is 1. The van der Waals surface area contributed by atoms with Gasteiger partial charge in [0, 0.05) is 5.92 Å². The Hall–Kier alpha value is -1.64. The number of carbonyl (C=O) groups excluding carboxylic acids is 1. The number of hydrogen-bond donors (Lipinski definition) is 0. The molecule has 0 radical (unpaired) electrons. The first-order valence-corrected chi connectivity index (χ1v) is 5.09. The molecular formula is C12H14N2O. The van der Waals surface area contributed by atoms with Crippen LogP contribution in [-0.2, 0) is 0 Å². The van der Waals surface area contributed by atoms with Crippen molar-refractivity contribution in [1.29, 1.82) is 0 Å². The zero-order valence-corrected chi connectivity index (χ0v) is 9.19. The van der Waals surface area contributed by atoms with Crippen LogP contribution in [0.1, 0.15) is 30.0 Å². The lowest BCUT2D eigenvalue weighted by atomic mass is 10.1. The number of nitrogens with zero attached hydrogens (tertiary/aromatic N) is 2. The van der Waals surface area contributed by atoms with Crippen LogP contribution in [0, 0.1) is 12.8 Å². The van der Waals surface area contributed by atoms with Crippen molar-refractivity contribution in [2.24, 2.45) is 5.92 Å². The first-order valence-electron chi connectivity index (χ1n) is 5.09. The van der Waals surface area contributed by atoms with Crippen molar-refractivity contribution in [2.75, 3.05) is 0 Å². The van der Waals surface area contributed by atoms with Crippen LogP contribution in [0.25, 0.3) is 5.52 Å². The van der Waals surface area contributed by atoms with E-state index < -0.39 is 0 Å². The number of aryl methyl sites for hydroxylation is 1. The minimum Gasteiger partial charge on any atom is -0.292 e. The molecule has 0 fully saturated rings. The SMILES string of the molecule is Cc1cc2cccc(C(=O)C(C)C)n2n1. The second-order valence-corrected chi connectivity index (χ2v) is 4.05. The quantitative estimate of drug-likeness (QED) is 0.701. The third-order valence-electron chi connectivity index (χ3n) is 2.39. The molecule has 0 unspecified atom stereocenters. The highest BCUT2D eigenvalue weighted by atomic mass is 16.1. The summed E-state index contributed by atoms with van der Waals surface area (Å²) in [6.07, 6.45) is 0. The molecule has 0 aliphatic rings. The maximum atomic E-state index is 11.9. The highest BCUT2D eigenvalue weighted by Crippen LogP contribution is 2.12. The predicted octanol–water partition coefficient (Wildman–Crippen LogP) is 2.48. The van der Waals surface area contributed by atoms with Crippen molar-refractivity contribution in [3.63, 3.8) is 0 Å². The smallest absolute Gasteiger partial charge is 0.183 e. The van der Waals surface area contributed by atoms with E-state index in [2.05, 4.69) is 5.10 Å². The van der Waals surface area contributed by atoms with Crippen LogP contribution in [-0.4, -0.2) is 15.4 Å². The number of ketones is 1. The maximum absolute atomic E-state index is 11.9. The minimum absolute atomic E-state index is 0.0000983. The zero-order valence-electron chi connectivity index (χ0n) is 9.19. The highest BCUT2D eigenvalue weighted by molar-refractivity contribution is 5.96. The molecule has 0 bridgehead atoms. The van der Waals surface area contributed by atoms with Gasteiger partial charge in [0.05, 0.1) is 11.2 Å². The van der Waals surface area contributed by atoms with Gasteiger partial charge in [0.15, 0.2) is 5.78 Å². The van der Waals surface area contributed by atoms with Crippen LogP contribution in [0.3, 0.4) is 0 Å². The molecule has 78 valence electrons. The molecule has 2 aromatic rings. The van der Waals surface area contributed by atoms with Gasteiger partial charge in [0.1, 0.15) is 5.69 Å². The molecule has 0 amide bonds. The molecule has 0 atom stereocenters. The van der Waals surface area contributed by atoms with Gasteiger partial charge in [-0.15, -0.1) is 0 Å². The topological polar surface area (TPSA) is 34.4 Å². The Labute approximate surface area is 88.7 Å². The number of fused-ring (bicyclic) bond motifs is 1. The van der Waals surface area contributed by atoms with E-state index >= 15 is 0 Å². The average Bonchev–Trinajstić information content (AvgIpc) is 2.56. The van der Waals surface area contributed by atoms with Gasteiger partial charge < -0.3 is 0 Å². The fourth-order valence-electron chi connectivity index (χ4n) is 1.62. The summed E-state index contributed by atoms with van der Waals surface area (Å²) >= 11 is 0. The average molecular weight is 202 g/mol. The normalized spacial score (nSPS) is 11.2. The van der Waals surface area contributed by atoms with E-state index in [4.69, 9.17) is 0 Å². The van der Waals surface area contributed by atoms with E-state index in [9.17, 15) is 4.79 Å². The first-order chi connectivity index (χ1) is 7.09. The van der Waals surface area contributed by atoms with Gasteiger partial charge in [0.25, 0.3) is 0 Å². The van der Waals surface area contributed by atoms with Crippen LogP contribution in [0.5, 0.6) is 0 Å². The molecule has 2 aromatic heterocycles. The second-order valence-electron chi connectivity index (χ2n) is 4.05. The molecule has 3 heteroatoms. The van der Waals surface area contributed by atoms with Gasteiger partial charge in [-0.2, -0.15) is 5.10 Å². The van der Waals surface area contributed by atoms with Crippen LogP contribution in [0.2, 0.25) is 0 Å². The van der Waals surface area contributed by atoms with Crippen LogP contribution >= 0.6 is 0 Å². The fraction of sp³-hybridized carbons (Fsp3) is 0.333. The van der Waals surface area contributed by atoms with E-state index in [0.717, 1.165) is 11.2 Å². The molecule has 15 heavy (non-hydrogen) atoms. The van der Waals surface area contributed by atoms with Crippen LogP contribution < -0.4 is 0 Å². The van der Waals surface area contributed by atoms with E-state index in [-0.39, 0.29) is 11.7 Å². The number of hydrogen-bond acceptors (Lipinski definition) is 2. The maximum Gasteiger partial charge on any atom is 0.183 e. The van der Waals surface area contributed by atoms with Gasteiger partial charge in [-0.1, -0.05) is 19.9 Å². The summed E-state index contributed by atoms with van der Waals surface area (Å²) in [5, 5.41) is 4.31. The van der Waals surface area contributed by atoms with Crippen molar-refractivity contribution in [2.45, 2.75) is 20.8 Å². The van der Waals surface area contributed by atoms with Gasteiger partial charge in [-0.25, -0.2) is 4.52 Å². The summed E-state index contributed by atoms with van der Waals surface area (Å²) in [7, 11) is 0. The second kappa shape index (κ2) is 3.50. The molecule has 0 spiro atoms. The third kappa shape index (κ3) is 1.65. The molecule has 0 N–H and O–H groups in total. The number of aromatic nitrogens is 2. The summed E-state index contributed by atoms with van der Waals surface area (Å²) in [6, 6.07) is 7.64. The lowest BCUT2D eigenvalue weighted by molar-refractivity contribution is 0.0932. The Morgan fingerprint density at radius 1 is 1.40 bits per heavy atom. The standard InChI is InChI=1S/C12H14N2O/c1-8(2)12(15)11-6-4-5-10-7-9(3)13-14(10)11/h4-8H,1-3H3. The molecule has 0 saturated carbocycles. The van der Waals surface area contributed by atoms with E-state index in [1.807, 2.05) is 45.0 Å². The Morgan fingerprint density at radius 2 is 2.13 bits per heavy atom. The van der Waals surface area contributed by atoms with E-state index in [1.165, 1.54) is 0 Å². The minimum atomic E-state index is 0.0000983. The predicted molar refractivity (Wildman–Crippen MR) is 59.1 cm³/mol. The number of Topliss-reactive ketones (excluding diaryl/α,β-unsaturated/α-hetero) is 1. The van der Waals surface area contributed by atoms with Crippen LogP contribution in [0.15, 0.2) is 24.3 Å². The molecule has 2 rings (SSSR count). The number of pyridine rings is 1. The summed E-state index contributed by atoms with van der Waals surface area (Å²) in [5.74, 6) is 0.129. The van der Waals surface area contributed by atoms with E-state index in [0.29, 0.717) is 5.69 Å². The molecule has 3 nitrogen and oxygen atoms in total. The van der Waals surface area contributed by atoms with Crippen molar-refractivity contribution >= 4 is 11.3 Å². The summed E-state index contributed by atoms with van der Waals surface area (Å²) in [4.78, 5) is 11.9. The Kier molecular flexibility index (Phi) is 2.31. The lowest BCUT2D eigenvalue weighted by Crippen LogP contribution is -2.12. The third-order valence-corrected chi connectivity index (χ3v) is 2.39. The summed E-state index contributed by atoms with van der Waals surface area (Å²) in [5.41, 5.74) is 2.56. The van der Waals surface area contributed by atoms with E-state index in [1.54, 1.807) is 4.52 Å². The molecule has 0 aliphatic heterocycles. The van der Waals surface area contributed by atoms with Gasteiger partial charge in [0.2, 0.25) is 0 Å². The Bertz CT molecular complexity index is 511. The molecule has 0 saturated heterocycles. The summed E-state index contributed by atoms with van der Waals surface area (Å²) in [6.45, 7) is 5.73. The monoisotopic (exact) mass is 202 g/mol. The lowest BCUT2D eigenvalue weighted by Gasteiger charge is -2.05. The zero-order chi connectivity index (χ0) is 11.0. The first kappa shape index (κ1) is 9.90. The highest BCUT2D eigenvalue weighted by Gasteiger charge is 2.14. The fourth-order valence-corrected chi connectivity index (χ4v) is 1.62.